The molecule has 0 atom stereocenters. The number of hydrogen-bond donors (Lipinski definition) is 1. The van der Waals surface area contributed by atoms with Crippen LogP contribution in [0.25, 0.3) is 0 Å². The standard InChI is InChI=1S/C5H6F5N3/c1-3-12-11-2-13(3)5(9,10)4(6,7)8/h11H,2H2,1H3. The van der Waals surface area contributed by atoms with E-state index in [1.54, 1.807) is 0 Å². The highest BCUT2D eigenvalue weighted by atomic mass is 19.4. The molecule has 1 N–H and O–H groups in total. The van der Waals surface area contributed by atoms with Crippen molar-refractivity contribution < 1.29 is 22.0 Å². The summed E-state index contributed by atoms with van der Waals surface area (Å²) in [5, 5.41) is 3.21. The molecule has 13 heavy (non-hydrogen) atoms. The molecule has 1 heterocycles. The average molecular weight is 203 g/mol. The molecule has 0 radical (unpaired) electrons. The predicted molar refractivity (Wildman–Crippen MR) is 34.0 cm³/mol. The van der Waals surface area contributed by atoms with Crippen LogP contribution in [-0.4, -0.2) is 29.6 Å². The second-order valence-electron chi connectivity index (χ2n) is 2.44. The average Bonchev–Trinajstić information content (AvgIpc) is 2.32. The van der Waals surface area contributed by atoms with Crippen LogP contribution in [0.5, 0.6) is 0 Å². The Hall–Kier alpha value is -1.08. The van der Waals surface area contributed by atoms with Gasteiger partial charge >= 0.3 is 12.2 Å². The smallest absolute Gasteiger partial charge is 0.289 e. The van der Waals surface area contributed by atoms with Gasteiger partial charge in [-0.15, -0.1) is 0 Å². The summed E-state index contributed by atoms with van der Waals surface area (Å²) in [6, 6.07) is -4.87. The van der Waals surface area contributed by atoms with Gasteiger partial charge in [-0.05, 0) is 6.92 Å². The maximum Gasteiger partial charge on any atom is 0.475 e. The Labute approximate surface area is 70.2 Å². The summed E-state index contributed by atoms with van der Waals surface area (Å²) >= 11 is 0. The van der Waals surface area contributed by atoms with Gasteiger partial charge in [-0.1, -0.05) is 0 Å². The molecule has 3 nitrogen and oxygen atoms in total. The number of rotatable bonds is 1. The summed E-state index contributed by atoms with van der Waals surface area (Å²) in [5.41, 5.74) is 2.03. The topological polar surface area (TPSA) is 27.6 Å². The van der Waals surface area contributed by atoms with E-state index in [9.17, 15) is 22.0 Å². The normalized spacial score (nSPS) is 18.6. The summed E-state index contributed by atoms with van der Waals surface area (Å²) < 4.78 is 60.5. The van der Waals surface area contributed by atoms with Crippen LogP contribution in [0.4, 0.5) is 22.0 Å². The lowest BCUT2D eigenvalue weighted by Gasteiger charge is -2.29. The third-order valence-corrected chi connectivity index (χ3v) is 1.54. The van der Waals surface area contributed by atoms with Crippen LogP contribution in [-0.2, 0) is 0 Å². The maximum atomic E-state index is 12.6. The number of hydrazone groups is 1. The van der Waals surface area contributed by atoms with Crippen LogP contribution < -0.4 is 5.43 Å². The van der Waals surface area contributed by atoms with Crippen LogP contribution in [0.3, 0.4) is 0 Å². The van der Waals surface area contributed by atoms with Gasteiger partial charge in [0.2, 0.25) is 0 Å². The zero-order valence-electron chi connectivity index (χ0n) is 6.49. The van der Waals surface area contributed by atoms with E-state index in [4.69, 9.17) is 0 Å². The predicted octanol–water partition coefficient (Wildman–Crippen LogP) is 1.34. The highest BCUT2D eigenvalue weighted by Crippen LogP contribution is 2.38. The number of halogens is 5. The number of hydrogen-bond acceptors (Lipinski definition) is 3. The Morgan fingerprint density at radius 3 is 2.15 bits per heavy atom. The van der Waals surface area contributed by atoms with Crippen molar-refractivity contribution in [3.8, 4) is 0 Å². The number of alkyl halides is 5. The fourth-order valence-corrected chi connectivity index (χ4v) is 0.851. The van der Waals surface area contributed by atoms with E-state index in [0.717, 1.165) is 6.92 Å². The second kappa shape index (κ2) is 2.71. The van der Waals surface area contributed by atoms with Crippen molar-refractivity contribution >= 4 is 5.84 Å². The molecule has 0 saturated carbocycles. The Bertz CT molecular complexity index is 233. The Morgan fingerprint density at radius 1 is 1.31 bits per heavy atom. The van der Waals surface area contributed by atoms with E-state index >= 15 is 0 Å². The number of amidine groups is 1. The zero-order valence-corrected chi connectivity index (χ0v) is 6.49. The first-order valence-corrected chi connectivity index (χ1v) is 3.26. The van der Waals surface area contributed by atoms with Crippen molar-refractivity contribution in [3.63, 3.8) is 0 Å². The maximum absolute atomic E-state index is 12.6. The third-order valence-electron chi connectivity index (χ3n) is 1.54. The molecule has 0 aliphatic carbocycles. The lowest BCUT2D eigenvalue weighted by atomic mass is 10.4. The minimum Gasteiger partial charge on any atom is -0.289 e. The largest absolute Gasteiger partial charge is 0.475 e. The third kappa shape index (κ3) is 1.52. The van der Waals surface area contributed by atoms with Gasteiger partial charge in [0.15, 0.2) is 0 Å². The molecule has 0 amide bonds. The highest BCUT2D eigenvalue weighted by molar-refractivity contribution is 5.81. The van der Waals surface area contributed by atoms with Gasteiger partial charge in [0, 0.05) is 0 Å². The van der Waals surface area contributed by atoms with E-state index in [-0.39, 0.29) is 10.7 Å². The number of nitrogens with zero attached hydrogens (tertiary/aromatic N) is 2. The number of nitrogens with one attached hydrogen (secondary N) is 1. The monoisotopic (exact) mass is 203 g/mol. The van der Waals surface area contributed by atoms with Crippen LogP contribution in [0.15, 0.2) is 5.10 Å². The molecule has 0 aromatic rings. The lowest BCUT2D eigenvalue weighted by Crippen LogP contribution is -2.53. The fourth-order valence-electron chi connectivity index (χ4n) is 0.851. The second-order valence-corrected chi connectivity index (χ2v) is 2.44. The van der Waals surface area contributed by atoms with Gasteiger partial charge < -0.3 is 0 Å². The molecular formula is C5H6F5N3. The molecule has 0 aromatic carbocycles. The van der Waals surface area contributed by atoms with Crippen molar-refractivity contribution in [2.24, 2.45) is 5.10 Å². The quantitative estimate of drug-likeness (QED) is 0.514. The van der Waals surface area contributed by atoms with Crippen LogP contribution in [0.1, 0.15) is 6.92 Å². The van der Waals surface area contributed by atoms with Crippen molar-refractivity contribution in [3.05, 3.63) is 0 Å². The summed E-state index contributed by atoms with van der Waals surface area (Å²) in [5.74, 6) is -0.387. The summed E-state index contributed by atoms with van der Waals surface area (Å²) in [7, 11) is 0. The van der Waals surface area contributed by atoms with Crippen molar-refractivity contribution in [2.45, 2.75) is 19.1 Å². The first-order valence-electron chi connectivity index (χ1n) is 3.26. The molecule has 8 heteroatoms. The van der Waals surface area contributed by atoms with E-state index in [1.165, 1.54) is 0 Å². The minimum atomic E-state index is -5.59. The summed E-state index contributed by atoms with van der Waals surface area (Å²) in [4.78, 5) is -0.146. The van der Waals surface area contributed by atoms with Gasteiger partial charge in [-0.3, -0.25) is 10.3 Å². The zero-order chi connectivity index (χ0) is 10.3. The Kier molecular flexibility index (Phi) is 2.08. The Morgan fingerprint density at radius 2 is 1.85 bits per heavy atom. The summed E-state index contributed by atoms with van der Waals surface area (Å²) in [6.45, 7) is 0.429. The SMILES string of the molecule is CC1=NNCN1C(F)(F)C(F)(F)F. The van der Waals surface area contributed by atoms with Crippen LogP contribution in [0.2, 0.25) is 0 Å². The molecule has 0 bridgehead atoms. The molecule has 1 rings (SSSR count). The van der Waals surface area contributed by atoms with E-state index in [0.29, 0.717) is 0 Å². The molecule has 0 aromatic heterocycles. The summed E-state index contributed by atoms with van der Waals surface area (Å²) in [6.07, 6.45) is -5.59. The molecule has 0 fully saturated rings. The molecule has 0 spiro atoms. The van der Waals surface area contributed by atoms with Gasteiger partial charge in [0.1, 0.15) is 12.5 Å². The van der Waals surface area contributed by atoms with Gasteiger partial charge in [-0.2, -0.15) is 27.1 Å². The van der Waals surface area contributed by atoms with Gasteiger partial charge in [-0.25, -0.2) is 0 Å². The molecule has 1 aliphatic rings. The minimum absolute atomic E-state index is 0.146. The van der Waals surface area contributed by atoms with Crippen molar-refractivity contribution in [2.75, 3.05) is 6.67 Å². The Balaban J connectivity index is 2.87. The molecule has 0 unspecified atom stereocenters. The van der Waals surface area contributed by atoms with Crippen LogP contribution in [0, 0.1) is 0 Å². The van der Waals surface area contributed by atoms with Crippen molar-refractivity contribution in [1.82, 2.24) is 10.3 Å². The van der Waals surface area contributed by atoms with Gasteiger partial charge in [0.05, 0.1) is 0 Å². The molecular weight excluding hydrogens is 197 g/mol. The van der Waals surface area contributed by atoms with E-state index in [2.05, 4.69) is 5.10 Å². The molecule has 1 aliphatic heterocycles. The van der Waals surface area contributed by atoms with E-state index in [1.807, 2.05) is 5.43 Å². The van der Waals surface area contributed by atoms with Crippen LogP contribution >= 0.6 is 0 Å². The molecule has 0 saturated heterocycles. The highest BCUT2D eigenvalue weighted by Gasteiger charge is 2.62. The molecule has 76 valence electrons. The van der Waals surface area contributed by atoms with Crippen molar-refractivity contribution in [1.29, 1.82) is 0 Å². The fraction of sp³-hybridized carbons (Fsp3) is 0.800. The first kappa shape index (κ1) is 10.0. The van der Waals surface area contributed by atoms with Gasteiger partial charge in [0.25, 0.3) is 0 Å². The first-order chi connectivity index (χ1) is 5.77. The van der Waals surface area contributed by atoms with E-state index < -0.39 is 18.9 Å². The lowest BCUT2D eigenvalue weighted by molar-refractivity contribution is -0.325.